The molecule has 0 radical (unpaired) electrons. The number of rotatable bonds is 3. The molecule has 4 aromatic rings. The number of pyridine rings is 1. The van der Waals surface area contributed by atoms with Crippen molar-refractivity contribution >= 4 is 22.6 Å². The number of hydrogen-bond acceptors (Lipinski definition) is 6. The van der Waals surface area contributed by atoms with E-state index in [1.54, 1.807) is 12.4 Å². The van der Waals surface area contributed by atoms with E-state index in [0.29, 0.717) is 5.56 Å². The lowest BCUT2D eigenvalue weighted by molar-refractivity contribution is 0.389. The number of hydrogen-bond donors (Lipinski definition) is 2. The molecular weight excluding hydrogens is 352 g/mol. The molecule has 28 heavy (non-hydrogen) atoms. The average molecular weight is 370 g/mol. The zero-order chi connectivity index (χ0) is 18.8. The normalized spacial score (nSPS) is 26.1. The van der Waals surface area contributed by atoms with Gasteiger partial charge in [-0.1, -0.05) is 0 Å². The highest BCUT2D eigenvalue weighted by molar-refractivity contribution is 5.74. The van der Waals surface area contributed by atoms with Crippen LogP contribution in [0.5, 0.6) is 0 Å². The molecule has 4 aromatic heterocycles. The highest BCUT2D eigenvalue weighted by Crippen LogP contribution is 2.58. The predicted molar refractivity (Wildman–Crippen MR) is 103 cm³/mol. The number of nitrogens with one attached hydrogen (secondary N) is 2. The van der Waals surface area contributed by atoms with Gasteiger partial charge < -0.3 is 10.3 Å². The van der Waals surface area contributed by atoms with Crippen LogP contribution in [0.25, 0.3) is 16.8 Å². The summed E-state index contributed by atoms with van der Waals surface area (Å²) in [4.78, 5) is 12.0. The molecule has 0 aliphatic heterocycles. The number of nitrogens with zero attached hydrogens (tertiary/aromatic N) is 6. The van der Waals surface area contributed by atoms with Crippen molar-refractivity contribution in [2.75, 3.05) is 5.32 Å². The Hall–Kier alpha value is -3.47. The second-order valence-electron chi connectivity index (χ2n) is 8.09. The molecule has 2 aliphatic rings. The first-order chi connectivity index (χ1) is 13.7. The highest BCUT2D eigenvalue weighted by atomic mass is 15.3. The first-order valence-corrected chi connectivity index (χ1v) is 9.53. The number of anilines is 1. The Kier molecular flexibility index (Phi) is 2.94. The third-order valence-electron chi connectivity index (χ3n) is 6.54. The van der Waals surface area contributed by atoms with Crippen LogP contribution in [0.3, 0.4) is 0 Å². The van der Waals surface area contributed by atoms with Crippen molar-refractivity contribution in [3.63, 3.8) is 0 Å². The fourth-order valence-corrected chi connectivity index (χ4v) is 5.21. The molecule has 2 saturated carbocycles. The Labute approximate surface area is 160 Å². The molecule has 8 nitrogen and oxygen atoms in total. The Morgan fingerprint density at radius 1 is 1.07 bits per heavy atom. The van der Waals surface area contributed by atoms with Gasteiger partial charge in [0.25, 0.3) is 0 Å². The number of fused-ring (bicyclic) bond motifs is 5. The van der Waals surface area contributed by atoms with Gasteiger partial charge in [-0.15, -0.1) is 10.2 Å². The van der Waals surface area contributed by atoms with Gasteiger partial charge >= 0.3 is 0 Å². The van der Waals surface area contributed by atoms with Crippen molar-refractivity contribution in [2.24, 2.45) is 0 Å². The molecular formula is C20H18N8. The molecule has 4 heterocycles. The first kappa shape index (κ1) is 15.6. The quantitative estimate of drug-likeness (QED) is 0.574. The lowest BCUT2D eigenvalue weighted by Gasteiger charge is -2.28. The summed E-state index contributed by atoms with van der Waals surface area (Å²) >= 11 is 0. The van der Waals surface area contributed by atoms with Crippen LogP contribution in [0.2, 0.25) is 0 Å². The fourth-order valence-electron chi connectivity index (χ4n) is 5.21. The molecule has 138 valence electrons. The number of aromatic amines is 1. The molecule has 0 atom stereocenters. The standard InChI is InChI=1S/C20H18N8/c21-9-13-1-2-15(23-10-13)25-20-6-4-19(12-20,5-7-20)18-27-26-16-11-24-17-14(28(16)18)3-8-22-17/h1-3,8,10-11,22H,4-7,12H2,(H,23,25). The summed E-state index contributed by atoms with van der Waals surface area (Å²) in [5.74, 6) is 1.88. The molecule has 8 heteroatoms. The molecule has 2 N–H and O–H groups in total. The summed E-state index contributed by atoms with van der Waals surface area (Å²) < 4.78 is 2.17. The number of nitriles is 1. The van der Waals surface area contributed by atoms with Gasteiger partial charge in [0, 0.05) is 23.3 Å². The van der Waals surface area contributed by atoms with Gasteiger partial charge in [0.15, 0.2) is 11.3 Å². The van der Waals surface area contributed by atoms with Crippen molar-refractivity contribution in [3.05, 3.63) is 48.2 Å². The first-order valence-electron chi connectivity index (χ1n) is 9.53. The van der Waals surface area contributed by atoms with Gasteiger partial charge in [0.2, 0.25) is 0 Å². The van der Waals surface area contributed by atoms with Crippen LogP contribution >= 0.6 is 0 Å². The van der Waals surface area contributed by atoms with E-state index in [1.165, 1.54) is 0 Å². The van der Waals surface area contributed by atoms with Crippen LogP contribution in [0.1, 0.15) is 43.5 Å². The molecule has 2 fully saturated rings. The topological polar surface area (TPSA) is 108 Å². The Morgan fingerprint density at radius 3 is 2.75 bits per heavy atom. The molecule has 0 saturated heterocycles. The second-order valence-corrected chi connectivity index (χ2v) is 8.09. The molecule has 6 rings (SSSR count). The molecule has 0 unspecified atom stereocenters. The average Bonchev–Trinajstić information content (AvgIpc) is 3.49. The van der Waals surface area contributed by atoms with Crippen molar-refractivity contribution in [1.29, 1.82) is 5.26 Å². The van der Waals surface area contributed by atoms with E-state index in [2.05, 4.69) is 40.9 Å². The van der Waals surface area contributed by atoms with Crippen LogP contribution in [0.15, 0.2) is 36.8 Å². The van der Waals surface area contributed by atoms with Gasteiger partial charge in [-0.05, 0) is 50.3 Å². The molecule has 0 aromatic carbocycles. The van der Waals surface area contributed by atoms with Crippen molar-refractivity contribution in [2.45, 2.75) is 43.1 Å². The van der Waals surface area contributed by atoms with Gasteiger partial charge in [0.1, 0.15) is 17.7 Å². The Balaban J connectivity index is 1.38. The van der Waals surface area contributed by atoms with E-state index in [9.17, 15) is 0 Å². The van der Waals surface area contributed by atoms with Gasteiger partial charge in [0.05, 0.1) is 17.3 Å². The van der Waals surface area contributed by atoms with Crippen LogP contribution in [0, 0.1) is 11.3 Å². The van der Waals surface area contributed by atoms with Crippen molar-refractivity contribution in [1.82, 2.24) is 29.5 Å². The van der Waals surface area contributed by atoms with Gasteiger partial charge in [-0.25, -0.2) is 9.97 Å². The summed E-state index contributed by atoms with van der Waals surface area (Å²) in [6, 6.07) is 7.86. The lowest BCUT2D eigenvalue weighted by atomic mass is 9.83. The Bertz CT molecular complexity index is 1230. The van der Waals surface area contributed by atoms with E-state index in [0.717, 1.165) is 60.6 Å². The maximum absolute atomic E-state index is 8.97. The SMILES string of the molecule is N#Cc1ccc(NC23CCC(c4nnc5cnc6[nH]ccc6n45)(CC2)C3)nc1. The highest BCUT2D eigenvalue weighted by Gasteiger charge is 2.57. The van der Waals surface area contributed by atoms with Crippen LogP contribution in [-0.2, 0) is 5.41 Å². The van der Waals surface area contributed by atoms with E-state index in [-0.39, 0.29) is 11.0 Å². The molecule has 0 amide bonds. The molecule has 2 aliphatic carbocycles. The number of aromatic nitrogens is 6. The van der Waals surface area contributed by atoms with Gasteiger partial charge in [-0.3, -0.25) is 4.40 Å². The summed E-state index contributed by atoms with van der Waals surface area (Å²) in [6.07, 6.45) is 10.6. The van der Waals surface area contributed by atoms with Crippen LogP contribution < -0.4 is 5.32 Å². The van der Waals surface area contributed by atoms with E-state index in [1.807, 2.05) is 24.4 Å². The zero-order valence-corrected chi connectivity index (χ0v) is 15.2. The van der Waals surface area contributed by atoms with Crippen LogP contribution in [-0.4, -0.2) is 35.1 Å². The predicted octanol–water partition coefficient (Wildman–Crippen LogP) is 2.94. The molecule has 2 bridgehead atoms. The monoisotopic (exact) mass is 370 g/mol. The van der Waals surface area contributed by atoms with E-state index in [4.69, 9.17) is 5.26 Å². The summed E-state index contributed by atoms with van der Waals surface area (Å²) in [5.41, 5.74) is 3.30. The van der Waals surface area contributed by atoms with Crippen molar-refractivity contribution < 1.29 is 0 Å². The summed E-state index contributed by atoms with van der Waals surface area (Å²) in [6.45, 7) is 0. The summed E-state index contributed by atoms with van der Waals surface area (Å²) in [7, 11) is 0. The Morgan fingerprint density at radius 2 is 1.96 bits per heavy atom. The second kappa shape index (κ2) is 5.29. The fraction of sp³-hybridized carbons (Fsp3) is 0.350. The van der Waals surface area contributed by atoms with Crippen molar-refractivity contribution in [3.8, 4) is 6.07 Å². The minimum absolute atomic E-state index is 0.0184. The maximum atomic E-state index is 8.97. The maximum Gasteiger partial charge on any atom is 0.179 e. The van der Waals surface area contributed by atoms with E-state index >= 15 is 0 Å². The smallest absolute Gasteiger partial charge is 0.179 e. The third-order valence-corrected chi connectivity index (χ3v) is 6.54. The zero-order valence-electron chi connectivity index (χ0n) is 15.2. The largest absolute Gasteiger partial charge is 0.365 e. The van der Waals surface area contributed by atoms with Crippen LogP contribution in [0.4, 0.5) is 5.82 Å². The summed E-state index contributed by atoms with van der Waals surface area (Å²) in [5, 5.41) is 21.7. The minimum atomic E-state index is 0.0184. The van der Waals surface area contributed by atoms with E-state index < -0.39 is 0 Å². The molecule has 0 spiro atoms. The lowest BCUT2D eigenvalue weighted by Crippen LogP contribution is -2.33. The van der Waals surface area contributed by atoms with Gasteiger partial charge in [-0.2, -0.15) is 5.26 Å². The number of H-pyrrole nitrogens is 1. The minimum Gasteiger partial charge on any atom is -0.365 e. The third kappa shape index (κ3) is 2.04.